The van der Waals surface area contributed by atoms with Gasteiger partial charge in [-0.2, -0.15) is 0 Å². The zero-order chi connectivity index (χ0) is 18.3. The van der Waals surface area contributed by atoms with Gasteiger partial charge in [-0.1, -0.05) is 24.3 Å². The lowest BCUT2D eigenvalue weighted by Gasteiger charge is -2.25. The second kappa shape index (κ2) is 6.10. The molecule has 2 heterocycles. The third-order valence-electron chi connectivity index (χ3n) is 4.52. The second-order valence-corrected chi connectivity index (χ2v) is 8.00. The van der Waals surface area contributed by atoms with Crippen LogP contribution in [0.4, 0.5) is 5.69 Å². The maximum Gasteiger partial charge on any atom is 0.264 e. The molecule has 0 unspecified atom stereocenters. The van der Waals surface area contributed by atoms with E-state index in [4.69, 9.17) is 0 Å². The smallest absolute Gasteiger partial charge is 0.264 e. The van der Waals surface area contributed by atoms with Gasteiger partial charge in [0.2, 0.25) is 5.91 Å². The van der Waals surface area contributed by atoms with Gasteiger partial charge in [0.15, 0.2) is 0 Å². The lowest BCUT2D eigenvalue weighted by Crippen LogP contribution is -2.32. The van der Waals surface area contributed by atoms with Gasteiger partial charge in [-0.3, -0.25) is 14.5 Å². The SMILES string of the molecule is CN1Cc2cc(NS(=O)(=O)c3cccc4cccnc34)ccc2CC1=O. The molecule has 6 nitrogen and oxygen atoms in total. The van der Waals surface area contributed by atoms with Crippen LogP contribution in [0.1, 0.15) is 11.1 Å². The van der Waals surface area contributed by atoms with Crippen molar-refractivity contribution in [3.8, 4) is 0 Å². The minimum Gasteiger partial charge on any atom is -0.341 e. The van der Waals surface area contributed by atoms with Crippen LogP contribution in [0.5, 0.6) is 0 Å². The molecule has 0 aliphatic carbocycles. The highest BCUT2D eigenvalue weighted by atomic mass is 32.2. The molecule has 4 rings (SSSR count). The quantitative estimate of drug-likeness (QED) is 0.772. The van der Waals surface area contributed by atoms with Crippen molar-refractivity contribution in [2.45, 2.75) is 17.9 Å². The Kier molecular flexibility index (Phi) is 3.88. The van der Waals surface area contributed by atoms with Crippen molar-refractivity contribution in [3.05, 3.63) is 65.9 Å². The fourth-order valence-electron chi connectivity index (χ4n) is 3.15. The highest BCUT2D eigenvalue weighted by molar-refractivity contribution is 7.93. The molecule has 0 fully saturated rings. The fraction of sp³-hybridized carbons (Fsp3) is 0.158. The molecule has 132 valence electrons. The number of pyridine rings is 1. The Hall–Kier alpha value is -2.93. The molecule has 0 saturated carbocycles. The molecule has 1 aliphatic heterocycles. The average molecular weight is 367 g/mol. The topological polar surface area (TPSA) is 79.4 Å². The number of fused-ring (bicyclic) bond motifs is 2. The number of nitrogens with one attached hydrogen (secondary N) is 1. The van der Waals surface area contributed by atoms with E-state index in [1.165, 1.54) is 0 Å². The van der Waals surface area contributed by atoms with E-state index in [1.807, 2.05) is 12.1 Å². The van der Waals surface area contributed by atoms with Gasteiger partial charge in [0.1, 0.15) is 4.90 Å². The first-order valence-corrected chi connectivity index (χ1v) is 9.65. The van der Waals surface area contributed by atoms with Crippen LogP contribution in [0, 0.1) is 0 Å². The van der Waals surface area contributed by atoms with E-state index in [9.17, 15) is 13.2 Å². The van der Waals surface area contributed by atoms with Gasteiger partial charge in [-0.05, 0) is 35.4 Å². The van der Waals surface area contributed by atoms with Gasteiger partial charge in [-0.25, -0.2) is 8.42 Å². The van der Waals surface area contributed by atoms with Crippen LogP contribution >= 0.6 is 0 Å². The van der Waals surface area contributed by atoms with Gasteiger partial charge in [0, 0.05) is 30.9 Å². The van der Waals surface area contributed by atoms with Crippen LogP contribution in [-0.4, -0.2) is 31.3 Å². The number of likely N-dealkylation sites (N-methyl/N-ethyl adjacent to an activating group) is 1. The maximum absolute atomic E-state index is 12.9. The summed E-state index contributed by atoms with van der Waals surface area (Å²) in [6.07, 6.45) is 1.92. The molecular weight excluding hydrogens is 350 g/mol. The molecule has 2 aromatic carbocycles. The Bertz CT molecular complexity index is 1120. The Balaban J connectivity index is 1.70. The second-order valence-electron chi connectivity index (χ2n) is 6.35. The van der Waals surface area contributed by atoms with Crippen molar-refractivity contribution in [3.63, 3.8) is 0 Å². The third kappa shape index (κ3) is 2.90. The number of nitrogens with zero attached hydrogens (tertiary/aromatic N) is 2. The molecule has 26 heavy (non-hydrogen) atoms. The van der Waals surface area contributed by atoms with Gasteiger partial charge in [-0.15, -0.1) is 0 Å². The molecule has 1 aromatic heterocycles. The fourth-order valence-corrected chi connectivity index (χ4v) is 4.38. The molecule has 1 aliphatic rings. The summed E-state index contributed by atoms with van der Waals surface area (Å²) in [5.41, 5.74) is 2.79. The number of hydrogen-bond donors (Lipinski definition) is 1. The summed E-state index contributed by atoms with van der Waals surface area (Å²) in [7, 11) is -2.04. The predicted octanol–water partition coefficient (Wildman–Crippen LogP) is 2.55. The van der Waals surface area contributed by atoms with E-state index in [-0.39, 0.29) is 10.8 Å². The number of rotatable bonds is 3. The molecule has 7 heteroatoms. The number of hydrogen-bond acceptors (Lipinski definition) is 4. The van der Waals surface area contributed by atoms with Crippen molar-refractivity contribution in [1.29, 1.82) is 0 Å². The molecule has 0 saturated heterocycles. The first-order valence-electron chi connectivity index (χ1n) is 8.16. The van der Waals surface area contributed by atoms with Gasteiger partial charge < -0.3 is 4.90 Å². The van der Waals surface area contributed by atoms with Crippen LogP contribution in [0.25, 0.3) is 10.9 Å². The summed E-state index contributed by atoms with van der Waals surface area (Å²) in [4.78, 5) is 17.8. The monoisotopic (exact) mass is 367 g/mol. The summed E-state index contributed by atoms with van der Waals surface area (Å²) >= 11 is 0. The molecular formula is C19H17N3O3S. The summed E-state index contributed by atoms with van der Waals surface area (Å²) in [6.45, 7) is 0.472. The maximum atomic E-state index is 12.9. The standard InChI is InChI=1S/C19H17N3O3S/c1-22-12-15-10-16(8-7-14(15)11-18(22)23)21-26(24,25)17-6-2-4-13-5-3-9-20-19(13)17/h2-10,21H,11-12H2,1H3. The number of carbonyl (C=O) groups excluding carboxylic acids is 1. The molecule has 0 atom stereocenters. The summed E-state index contributed by atoms with van der Waals surface area (Å²) in [5, 5.41) is 0.765. The highest BCUT2D eigenvalue weighted by Gasteiger charge is 2.22. The van der Waals surface area contributed by atoms with Gasteiger partial charge in [0.05, 0.1) is 11.9 Å². The number of sulfonamides is 1. The van der Waals surface area contributed by atoms with Crippen LogP contribution in [0.3, 0.4) is 0 Å². The minimum atomic E-state index is -3.78. The van der Waals surface area contributed by atoms with Crippen molar-refractivity contribution in [2.24, 2.45) is 0 Å². The van der Waals surface area contributed by atoms with E-state index in [0.29, 0.717) is 24.2 Å². The lowest BCUT2D eigenvalue weighted by atomic mass is 9.99. The van der Waals surface area contributed by atoms with Crippen molar-refractivity contribution in [2.75, 3.05) is 11.8 Å². The molecule has 1 N–H and O–H groups in total. The van der Waals surface area contributed by atoms with Gasteiger partial charge in [0.25, 0.3) is 10.0 Å². The zero-order valence-corrected chi connectivity index (χ0v) is 15.0. The molecule has 3 aromatic rings. The molecule has 0 bridgehead atoms. The van der Waals surface area contributed by atoms with E-state index in [0.717, 1.165) is 16.5 Å². The van der Waals surface area contributed by atoms with Crippen LogP contribution in [0.2, 0.25) is 0 Å². The number of para-hydroxylation sites is 1. The summed E-state index contributed by atoms with van der Waals surface area (Å²) < 4.78 is 28.4. The van der Waals surface area contributed by atoms with Crippen LogP contribution in [0.15, 0.2) is 59.6 Å². The number of aromatic nitrogens is 1. The highest BCUT2D eigenvalue weighted by Crippen LogP contribution is 2.26. The van der Waals surface area contributed by atoms with Crippen molar-refractivity contribution >= 4 is 32.5 Å². The largest absolute Gasteiger partial charge is 0.341 e. The summed E-state index contributed by atoms with van der Waals surface area (Å²) in [5.74, 6) is 0.0626. The Labute approximate surface area is 151 Å². The molecule has 1 amide bonds. The first kappa shape index (κ1) is 16.5. The van der Waals surface area contributed by atoms with Crippen molar-refractivity contribution < 1.29 is 13.2 Å². The third-order valence-corrected chi connectivity index (χ3v) is 5.93. The molecule has 0 spiro atoms. The van der Waals surface area contributed by atoms with E-state index >= 15 is 0 Å². The number of benzene rings is 2. The molecule has 0 radical (unpaired) electrons. The Morgan fingerprint density at radius 1 is 1.08 bits per heavy atom. The number of anilines is 1. The first-order chi connectivity index (χ1) is 12.4. The number of carbonyl (C=O) groups is 1. The minimum absolute atomic E-state index is 0.0626. The van der Waals surface area contributed by atoms with Crippen LogP contribution < -0.4 is 4.72 Å². The Morgan fingerprint density at radius 3 is 2.73 bits per heavy atom. The van der Waals surface area contributed by atoms with E-state index < -0.39 is 10.0 Å². The van der Waals surface area contributed by atoms with Gasteiger partial charge >= 0.3 is 0 Å². The van der Waals surface area contributed by atoms with E-state index in [1.54, 1.807) is 54.5 Å². The number of amides is 1. The van der Waals surface area contributed by atoms with Crippen LogP contribution in [-0.2, 0) is 27.8 Å². The van der Waals surface area contributed by atoms with E-state index in [2.05, 4.69) is 9.71 Å². The zero-order valence-electron chi connectivity index (χ0n) is 14.1. The predicted molar refractivity (Wildman–Crippen MR) is 99.2 cm³/mol. The lowest BCUT2D eigenvalue weighted by molar-refractivity contribution is -0.130. The normalized spacial score (nSPS) is 14.3. The summed E-state index contributed by atoms with van der Waals surface area (Å²) in [6, 6.07) is 13.9. The average Bonchev–Trinajstić information content (AvgIpc) is 2.62. The Morgan fingerprint density at radius 2 is 1.88 bits per heavy atom. The van der Waals surface area contributed by atoms with Crippen molar-refractivity contribution in [1.82, 2.24) is 9.88 Å².